The molecule has 0 fully saturated rings. The first kappa shape index (κ1) is 16.8. The summed E-state index contributed by atoms with van der Waals surface area (Å²) in [7, 11) is 0. The lowest BCUT2D eigenvalue weighted by Gasteiger charge is -2.05. The maximum Gasteiger partial charge on any atom is 0.432 e. The van der Waals surface area contributed by atoms with Gasteiger partial charge in [0.25, 0.3) is 0 Å². The van der Waals surface area contributed by atoms with Gasteiger partial charge in [0.1, 0.15) is 6.20 Å². The maximum absolute atomic E-state index is 12.3. The van der Waals surface area contributed by atoms with Gasteiger partial charge in [-0.05, 0) is 23.4 Å². The van der Waals surface area contributed by atoms with Crippen LogP contribution in [0.15, 0.2) is 58.8 Å². The minimum atomic E-state index is -0.754. The monoisotopic (exact) mass is 359 g/mol. The Labute approximate surface area is 147 Å². The predicted octanol–water partition coefficient (Wildman–Crippen LogP) is 1.85. The molecule has 0 aliphatic heterocycles. The molecule has 1 amide bonds. The van der Waals surface area contributed by atoms with E-state index in [0.717, 1.165) is 25.9 Å². The van der Waals surface area contributed by atoms with E-state index in [1.54, 1.807) is 11.3 Å². The molecule has 0 radical (unpaired) electrons. The van der Waals surface area contributed by atoms with Crippen LogP contribution in [-0.4, -0.2) is 27.0 Å². The van der Waals surface area contributed by atoms with Gasteiger partial charge in [0.05, 0.1) is 6.54 Å². The Bertz CT molecular complexity index is 885. The fourth-order valence-electron chi connectivity index (χ4n) is 2.29. The van der Waals surface area contributed by atoms with Gasteiger partial charge in [0.2, 0.25) is 5.88 Å². The van der Waals surface area contributed by atoms with E-state index in [9.17, 15) is 14.7 Å². The topological polar surface area (TPSA) is 85.5 Å². The third-order valence-corrected chi connectivity index (χ3v) is 4.45. The molecule has 2 aromatic heterocycles. The van der Waals surface area contributed by atoms with Crippen LogP contribution in [0.2, 0.25) is 0 Å². The van der Waals surface area contributed by atoms with Gasteiger partial charge in [-0.3, -0.25) is 4.57 Å². The van der Waals surface area contributed by atoms with Crippen molar-refractivity contribution >= 4 is 17.4 Å². The fourth-order valence-corrected chi connectivity index (χ4v) is 3.00. The number of aromatic hydroxyl groups is 1. The molecule has 0 spiro atoms. The first-order valence-corrected chi connectivity index (χ1v) is 8.55. The molecule has 25 heavy (non-hydrogen) atoms. The molecule has 3 rings (SSSR count). The van der Waals surface area contributed by atoms with E-state index in [0.29, 0.717) is 13.0 Å². The summed E-state index contributed by atoms with van der Waals surface area (Å²) in [5, 5.41) is 14.5. The highest BCUT2D eigenvalue weighted by Gasteiger charge is 2.14. The molecule has 0 unspecified atom stereocenters. The predicted molar refractivity (Wildman–Crippen MR) is 93.9 cm³/mol. The van der Waals surface area contributed by atoms with Crippen LogP contribution < -0.4 is 15.8 Å². The lowest BCUT2D eigenvalue weighted by Crippen LogP contribution is -2.38. The van der Waals surface area contributed by atoms with Crippen LogP contribution in [0.25, 0.3) is 0 Å². The second-order valence-electron chi connectivity index (χ2n) is 5.30. The van der Waals surface area contributed by atoms with E-state index in [1.807, 2.05) is 47.8 Å². The number of thiophene rings is 1. The molecule has 0 saturated carbocycles. The Morgan fingerprint density at radius 2 is 2.00 bits per heavy atom. The van der Waals surface area contributed by atoms with E-state index in [2.05, 4.69) is 5.32 Å². The number of rotatable bonds is 6. The number of imidazole rings is 1. The minimum absolute atomic E-state index is 0.182. The summed E-state index contributed by atoms with van der Waals surface area (Å²) in [6.45, 7) is 0.576. The highest BCUT2D eigenvalue weighted by Crippen LogP contribution is 2.09. The zero-order chi connectivity index (χ0) is 17.6. The third-order valence-electron chi connectivity index (χ3n) is 3.51. The normalized spacial score (nSPS) is 10.6. The average molecular weight is 359 g/mol. The smallest absolute Gasteiger partial charge is 0.432 e. The molecule has 130 valence electrons. The van der Waals surface area contributed by atoms with E-state index in [-0.39, 0.29) is 12.4 Å². The highest BCUT2D eigenvalue weighted by atomic mass is 32.1. The van der Waals surface area contributed by atoms with Crippen LogP contribution in [0.4, 0.5) is 4.79 Å². The van der Waals surface area contributed by atoms with Crippen molar-refractivity contribution in [3.63, 3.8) is 0 Å². The molecule has 0 aliphatic carbocycles. The minimum Gasteiger partial charge on any atom is -0.493 e. The molecule has 0 bridgehead atoms. The number of nitrogens with zero attached hydrogens (tertiary/aromatic N) is 2. The summed E-state index contributed by atoms with van der Waals surface area (Å²) in [6, 6.07) is 13.1. The second-order valence-corrected chi connectivity index (χ2v) is 6.33. The maximum atomic E-state index is 12.3. The lowest BCUT2D eigenvalue weighted by molar-refractivity contribution is 0.128. The largest absolute Gasteiger partial charge is 0.493 e. The lowest BCUT2D eigenvalue weighted by atomic mass is 10.2. The van der Waals surface area contributed by atoms with Gasteiger partial charge >= 0.3 is 11.8 Å². The molecular formula is C17H17N3O4S. The molecule has 2 heterocycles. The van der Waals surface area contributed by atoms with Crippen LogP contribution in [-0.2, 0) is 13.0 Å². The summed E-state index contributed by atoms with van der Waals surface area (Å²) in [6.07, 6.45) is 1.00. The van der Waals surface area contributed by atoms with Gasteiger partial charge in [-0.2, -0.15) is 0 Å². The van der Waals surface area contributed by atoms with E-state index >= 15 is 0 Å². The summed E-state index contributed by atoms with van der Waals surface area (Å²) in [5.74, 6) is -0.278. The Morgan fingerprint density at radius 3 is 2.72 bits per heavy atom. The standard InChI is InChI=1S/C17H17N3O4S/c21-15-12-20(17(23)19(15)11-13-5-2-1-3-6-13)24-16(22)18-9-8-14-7-4-10-25-14/h1-7,10,12,21H,8-9,11H2,(H,18,22). The van der Waals surface area contributed by atoms with Crippen LogP contribution in [0.1, 0.15) is 10.4 Å². The summed E-state index contributed by atoms with van der Waals surface area (Å²) < 4.78 is 1.84. The van der Waals surface area contributed by atoms with Gasteiger partial charge in [0, 0.05) is 11.4 Å². The van der Waals surface area contributed by atoms with E-state index in [1.165, 1.54) is 0 Å². The van der Waals surface area contributed by atoms with E-state index in [4.69, 9.17) is 4.84 Å². The molecule has 0 saturated heterocycles. The zero-order valence-corrected chi connectivity index (χ0v) is 14.1. The highest BCUT2D eigenvalue weighted by molar-refractivity contribution is 7.09. The van der Waals surface area contributed by atoms with Gasteiger partial charge in [0.15, 0.2) is 0 Å². The van der Waals surface area contributed by atoms with Gasteiger partial charge in [-0.25, -0.2) is 9.59 Å². The number of benzene rings is 1. The number of nitrogens with one attached hydrogen (secondary N) is 1. The second kappa shape index (κ2) is 7.71. The number of aromatic nitrogens is 2. The summed E-state index contributed by atoms with van der Waals surface area (Å²) in [4.78, 5) is 30.1. The quantitative estimate of drug-likeness (QED) is 0.703. The van der Waals surface area contributed by atoms with Crippen molar-refractivity contribution in [1.82, 2.24) is 14.6 Å². The molecule has 0 atom stereocenters. The molecule has 8 heteroatoms. The molecule has 2 N–H and O–H groups in total. The van der Waals surface area contributed by atoms with Crippen molar-refractivity contribution in [2.24, 2.45) is 0 Å². The van der Waals surface area contributed by atoms with Crippen molar-refractivity contribution in [2.45, 2.75) is 13.0 Å². The van der Waals surface area contributed by atoms with Gasteiger partial charge in [-0.15, -0.1) is 16.1 Å². The van der Waals surface area contributed by atoms with Crippen molar-refractivity contribution < 1.29 is 14.7 Å². The van der Waals surface area contributed by atoms with Crippen molar-refractivity contribution in [3.8, 4) is 5.88 Å². The number of hydrogen-bond donors (Lipinski definition) is 2. The van der Waals surface area contributed by atoms with Crippen LogP contribution in [0.5, 0.6) is 5.88 Å². The SMILES string of the molecule is O=C(NCCc1cccs1)On1cc(O)n(Cc2ccccc2)c1=O. The molecule has 1 aromatic carbocycles. The third kappa shape index (κ3) is 4.30. The fraction of sp³-hybridized carbons (Fsp3) is 0.176. The van der Waals surface area contributed by atoms with Gasteiger partial charge in [-0.1, -0.05) is 36.4 Å². The summed E-state index contributed by atoms with van der Waals surface area (Å²) >= 11 is 1.60. The molecular weight excluding hydrogens is 342 g/mol. The number of carbonyl (C=O) groups is 1. The van der Waals surface area contributed by atoms with E-state index < -0.39 is 11.8 Å². The van der Waals surface area contributed by atoms with Crippen LogP contribution in [0.3, 0.4) is 0 Å². The zero-order valence-electron chi connectivity index (χ0n) is 13.3. The molecule has 7 nitrogen and oxygen atoms in total. The Hall–Kier alpha value is -3.00. The van der Waals surface area contributed by atoms with Gasteiger partial charge < -0.3 is 15.3 Å². The van der Waals surface area contributed by atoms with Crippen molar-refractivity contribution in [1.29, 1.82) is 0 Å². The Morgan fingerprint density at radius 1 is 1.20 bits per heavy atom. The Kier molecular flexibility index (Phi) is 5.20. The number of amides is 1. The average Bonchev–Trinajstić information content (AvgIpc) is 3.20. The van der Waals surface area contributed by atoms with Crippen molar-refractivity contribution in [2.75, 3.05) is 6.54 Å². The first-order chi connectivity index (χ1) is 12.1. The van der Waals surface area contributed by atoms with Crippen LogP contribution >= 0.6 is 11.3 Å². The Balaban J connectivity index is 1.60. The molecule has 3 aromatic rings. The number of carbonyl (C=O) groups excluding carboxylic acids is 1. The molecule has 0 aliphatic rings. The van der Waals surface area contributed by atoms with Crippen molar-refractivity contribution in [3.05, 3.63) is 75.0 Å². The first-order valence-electron chi connectivity index (χ1n) is 7.67. The summed E-state index contributed by atoms with van der Waals surface area (Å²) in [5.41, 5.74) is 0.216. The number of hydrogen-bond acceptors (Lipinski definition) is 5. The van der Waals surface area contributed by atoms with Crippen LogP contribution in [0, 0.1) is 0 Å².